The average molecular weight is 301 g/mol. The van der Waals surface area contributed by atoms with E-state index in [0.29, 0.717) is 6.07 Å². The predicted molar refractivity (Wildman–Crippen MR) is 67.8 cm³/mol. The summed E-state index contributed by atoms with van der Waals surface area (Å²) in [5.74, 6) is -1.09. The Hall–Kier alpha value is -2.23. The van der Waals surface area contributed by atoms with Crippen LogP contribution in [0.15, 0.2) is 12.1 Å². The van der Waals surface area contributed by atoms with Gasteiger partial charge in [0.15, 0.2) is 5.60 Å². The Labute approximate surface area is 120 Å². The fourth-order valence-corrected chi connectivity index (χ4v) is 1.58. The van der Waals surface area contributed by atoms with Gasteiger partial charge in [0.1, 0.15) is 11.8 Å². The first-order valence-electron chi connectivity index (χ1n) is 5.92. The molecule has 21 heavy (non-hydrogen) atoms. The molecule has 0 heterocycles. The molecule has 1 aromatic rings. The van der Waals surface area contributed by atoms with Gasteiger partial charge < -0.3 is 9.47 Å². The second kappa shape index (κ2) is 5.64. The number of ether oxygens (including phenoxy) is 2. The lowest BCUT2D eigenvalue weighted by Crippen LogP contribution is -2.26. The second-order valence-electron chi connectivity index (χ2n) is 4.86. The first kappa shape index (κ1) is 16.8. The van der Waals surface area contributed by atoms with Crippen LogP contribution in [0.1, 0.15) is 35.3 Å². The summed E-state index contributed by atoms with van der Waals surface area (Å²) in [6.07, 6.45) is -4.65. The van der Waals surface area contributed by atoms with Gasteiger partial charge in [-0.2, -0.15) is 18.4 Å². The summed E-state index contributed by atoms with van der Waals surface area (Å²) in [5.41, 5.74) is -2.45. The van der Waals surface area contributed by atoms with E-state index in [0.717, 1.165) is 13.2 Å². The molecule has 0 amide bonds. The van der Waals surface area contributed by atoms with Crippen LogP contribution in [0.3, 0.4) is 0 Å². The van der Waals surface area contributed by atoms with Crippen molar-refractivity contribution in [3.05, 3.63) is 28.8 Å². The van der Waals surface area contributed by atoms with Crippen LogP contribution in [0, 0.1) is 18.3 Å². The Morgan fingerprint density at radius 3 is 2.29 bits per heavy atom. The van der Waals surface area contributed by atoms with E-state index in [9.17, 15) is 18.0 Å². The number of carbonyl (C=O) groups is 1. The van der Waals surface area contributed by atoms with E-state index in [-0.39, 0.29) is 16.9 Å². The minimum Gasteiger partial charge on any atom is -0.473 e. The van der Waals surface area contributed by atoms with Crippen LogP contribution in [0.4, 0.5) is 13.2 Å². The highest BCUT2D eigenvalue weighted by Gasteiger charge is 2.34. The molecular formula is C14H14F3NO3. The zero-order chi connectivity index (χ0) is 16.4. The zero-order valence-corrected chi connectivity index (χ0v) is 12.0. The number of nitriles is 1. The highest BCUT2D eigenvalue weighted by atomic mass is 19.4. The molecule has 0 aliphatic rings. The normalized spacial score (nSPS) is 11.7. The number of esters is 1. The lowest BCUT2D eigenvalue weighted by atomic mass is 10.0. The van der Waals surface area contributed by atoms with Crippen molar-refractivity contribution in [2.75, 3.05) is 7.11 Å². The third-order valence-electron chi connectivity index (χ3n) is 2.73. The van der Waals surface area contributed by atoms with Crippen molar-refractivity contribution < 1.29 is 27.4 Å². The number of rotatable bonds is 3. The Bertz CT molecular complexity index is 601. The average Bonchev–Trinajstić information content (AvgIpc) is 2.38. The molecule has 0 aliphatic carbocycles. The molecule has 0 aliphatic heterocycles. The summed E-state index contributed by atoms with van der Waals surface area (Å²) in [4.78, 5) is 11.6. The fourth-order valence-electron chi connectivity index (χ4n) is 1.58. The van der Waals surface area contributed by atoms with Crippen molar-refractivity contribution in [3.8, 4) is 11.8 Å². The number of carbonyl (C=O) groups excluding carboxylic acids is 1. The van der Waals surface area contributed by atoms with Crippen molar-refractivity contribution in [1.82, 2.24) is 0 Å². The number of alkyl halides is 3. The molecule has 4 nitrogen and oxygen atoms in total. The van der Waals surface area contributed by atoms with Crippen LogP contribution >= 0.6 is 0 Å². The highest BCUT2D eigenvalue weighted by molar-refractivity contribution is 5.92. The first-order valence-corrected chi connectivity index (χ1v) is 5.92. The van der Waals surface area contributed by atoms with Gasteiger partial charge in [0, 0.05) is 5.56 Å². The Morgan fingerprint density at radius 2 is 1.86 bits per heavy atom. The van der Waals surface area contributed by atoms with Gasteiger partial charge in [-0.25, -0.2) is 4.79 Å². The van der Waals surface area contributed by atoms with Crippen molar-refractivity contribution in [3.63, 3.8) is 0 Å². The SMILES string of the molecule is COC(=O)c1cc(C(F)(F)F)cc(OC(C)(C)C#N)c1C. The van der Waals surface area contributed by atoms with Crippen molar-refractivity contribution in [1.29, 1.82) is 5.26 Å². The summed E-state index contributed by atoms with van der Waals surface area (Å²) in [7, 11) is 1.07. The molecule has 0 spiro atoms. The molecule has 7 heteroatoms. The van der Waals surface area contributed by atoms with E-state index in [1.165, 1.54) is 20.8 Å². The third kappa shape index (κ3) is 3.88. The van der Waals surface area contributed by atoms with Gasteiger partial charge in [0.05, 0.1) is 18.2 Å². The topological polar surface area (TPSA) is 59.3 Å². The van der Waals surface area contributed by atoms with E-state index < -0.39 is 23.3 Å². The lowest BCUT2D eigenvalue weighted by Gasteiger charge is -2.22. The van der Waals surface area contributed by atoms with E-state index >= 15 is 0 Å². The van der Waals surface area contributed by atoms with Crippen molar-refractivity contribution >= 4 is 5.97 Å². The number of halogens is 3. The minimum atomic E-state index is -4.65. The molecule has 0 radical (unpaired) electrons. The fraction of sp³-hybridized carbons (Fsp3) is 0.429. The van der Waals surface area contributed by atoms with E-state index in [1.807, 2.05) is 6.07 Å². The summed E-state index contributed by atoms with van der Waals surface area (Å²) >= 11 is 0. The number of methoxy groups -OCH3 is 1. The van der Waals surface area contributed by atoms with Crippen LogP contribution in [-0.2, 0) is 10.9 Å². The van der Waals surface area contributed by atoms with Crippen LogP contribution in [0.25, 0.3) is 0 Å². The quantitative estimate of drug-likeness (QED) is 0.802. The van der Waals surface area contributed by atoms with Crippen LogP contribution in [0.5, 0.6) is 5.75 Å². The maximum atomic E-state index is 12.9. The molecule has 0 saturated heterocycles. The molecule has 1 rings (SSSR count). The Morgan fingerprint density at radius 1 is 1.29 bits per heavy atom. The number of hydrogen-bond acceptors (Lipinski definition) is 4. The van der Waals surface area contributed by atoms with Crippen LogP contribution < -0.4 is 4.74 Å². The highest BCUT2D eigenvalue weighted by Crippen LogP contribution is 2.36. The molecule has 0 fully saturated rings. The molecule has 0 bridgehead atoms. The Balaban J connectivity index is 3.50. The zero-order valence-electron chi connectivity index (χ0n) is 12.0. The largest absolute Gasteiger partial charge is 0.473 e. The lowest BCUT2D eigenvalue weighted by molar-refractivity contribution is -0.137. The van der Waals surface area contributed by atoms with Gasteiger partial charge in [-0.15, -0.1) is 0 Å². The molecule has 114 valence electrons. The van der Waals surface area contributed by atoms with Gasteiger partial charge in [-0.3, -0.25) is 0 Å². The number of nitrogens with zero attached hydrogens (tertiary/aromatic N) is 1. The summed E-state index contributed by atoms with van der Waals surface area (Å²) in [6, 6.07) is 3.28. The monoisotopic (exact) mass is 301 g/mol. The van der Waals surface area contributed by atoms with Crippen LogP contribution in [-0.4, -0.2) is 18.7 Å². The van der Waals surface area contributed by atoms with E-state index in [2.05, 4.69) is 4.74 Å². The van der Waals surface area contributed by atoms with Gasteiger partial charge in [-0.1, -0.05) is 0 Å². The summed E-state index contributed by atoms with van der Waals surface area (Å²) in [6.45, 7) is 4.24. The summed E-state index contributed by atoms with van der Waals surface area (Å²) < 4.78 is 48.4. The second-order valence-corrected chi connectivity index (χ2v) is 4.86. The van der Waals surface area contributed by atoms with Gasteiger partial charge in [0.25, 0.3) is 0 Å². The molecule has 0 atom stereocenters. The summed E-state index contributed by atoms with van der Waals surface area (Å²) in [5, 5.41) is 8.91. The standard InChI is InChI=1S/C14H14F3NO3/c1-8-10(12(19)20-4)5-9(14(15,16)17)6-11(8)21-13(2,3)7-18/h5-6H,1-4H3. The molecule has 0 saturated carbocycles. The smallest absolute Gasteiger partial charge is 0.416 e. The van der Waals surface area contributed by atoms with Gasteiger partial charge in [-0.05, 0) is 32.9 Å². The maximum Gasteiger partial charge on any atom is 0.416 e. The number of benzene rings is 1. The van der Waals surface area contributed by atoms with E-state index in [1.54, 1.807) is 0 Å². The molecule has 0 unspecified atom stereocenters. The number of hydrogen-bond donors (Lipinski definition) is 0. The van der Waals surface area contributed by atoms with Crippen molar-refractivity contribution in [2.45, 2.75) is 32.5 Å². The first-order chi connectivity index (χ1) is 9.51. The van der Waals surface area contributed by atoms with Gasteiger partial charge in [0.2, 0.25) is 0 Å². The minimum absolute atomic E-state index is 0.179. The van der Waals surface area contributed by atoms with Crippen molar-refractivity contribution in [2.24, 2.45) is 0 Å². The maximum absolute atomic E-state index is 12.9. The predicted octanol–water partition coefficient (Wildman–Crippen LogP) is 3.48. The van der Waals surface area contributed by atoms with Gasteiger partial charge >= 0.3 is 12.1 Å². The molecule has 1 aromatic carbocycles. The molecular weight excluding hydrogens is 287 g/mol. The van der Waals surface area contributed by atoms with Crippen LogP contribution in [0.2, 0.25) is 0 Å². The van der Waals surface area contributed by atoms with E-state index in [4.69, 9.17) is 10.00 Å². The molecule has 0 aromatic heterocycles. The third-order valence-corrected chi connectivity index (χ3v) is 2.73. The Kier molecular flexibility index (Phi) is 4.52. The molecule has 0 N–H and O–H groups in total.